The highest BCUT2D eigenvalue weighted by molar-refractivity contribution is 6.38. The Hall–Kier alpha value is -0.840. The van der Waals surface area contributed by atoms with E-state index in [9.17, 15) is 8.78 Å². The molecule has 0 radical (unpaired) electrons. The quantitative estimate of drug-likeness (QED) is 0.479. The molecular formula is C14H16Cl2F2O2. The van der Waals surface area contributed by atoms with E-state index in [4.69, 9.17) is 32.7 Å². The van der Waals surface area contributed by atoms with Gasteiger partial charge >= 0.3 is 5.38 Å². The molecule has 0 amide bonds. The summed E-state index contributed by atoms with van der Waals surface area (Å²) in [6, 6.07) is 9.50. The molecule has 0 bridgehead atoms. The summed E-state index contributed by atoms with van der Waals surface area (Å²) in [7, 11) is 0. The van der Waals surface area contributed by atoms with E-state index >= 15 is 0 Å². The molecule has 0 N–H and O–H groups in total. The molecule has 0 aliphatic carbocycles. The van der Waals surface area contributed by atoms with Gasteiger partial charge in [-0.05, 0) is 42.7 Å². The number of hydrogen-bond acceptors (Lipinski definition) is 2. The van der Waals surface area contributed by atoms with Crippen LogP contribution in [0.1, 0.15) is 12.8 Å². The van der Waals surface area contributed by atoms with Crippen LogP contribution in [0.15, 0.2) is 41.4 Å². The van der Waals surface area contributed by atoms with Gasteiger partial charge in [-0.3, -0.25) is 0 Å². The number of ether oxygens (including phenoxy) is 2. The molecule has 2 nitrogen and oxygen atoms in total. The average Bonchev–Trinajstić information content (AvgIpc) is 2.41. The molecule has 0 aliphatic heterocycles. The first kappa shape index (κ1) is 17.2. The van der Waals surface area contributed by atoms with Crippen molar-refractivity contribution in [2.24, 2.45) is 0 Å². The molecule has 1 aromatic carbocycles. The molecule has 0 heterocycles. The number of unbranched alkanes of at least 4 members (excludes halogenated alkanes) is 1. The van der Waals surface area contributed by atoms with E-state index in [0.717, 1.165) is 24.7 Å². The van der Waals surface area contributed by atoms with Gasteiger partial charge < -0.3 is 9.47 Å². The number of halogens is 4. The minimum atomic E-state index is -3.52. The Kier molecular flexibility index (Phi) is 7.88. The van der Waals surface area contributed by atoms with Crippen LogP contribution >= 0.6 is 23.2 Å². The first-order chi connectivity index (χ1) is 9.50. The summed E-state index contributed by atoms with van der Waals surface area (Å²) in [6.45, 7) is 1.05. The van der Waals surface area contributed by atoms with Gasteiger partial charge in [0.1, 0.15) is 10.8 Å². The van der Waals surface area contributed by atoms with Crippen molar-refractivity contribution in [3.63, 3.8) is 0 Å². The smallest absolute Gasteiger partial charge is 0.358 e. The van der Waals surface area contributed by atoms with Crippen LogP contribution in [0.25, 0.3) is 0 Å². The number of benzene rings is 1. The van der Waals surface area contributed by atoms with Crippen LogP contribution in [0.4, 0.5) is 8.78 Å². The van der Waals surface area contributed by atoms with Gasteiger partial charge in [-0.15, -0.1) is 0 Å². The van der Waals surface area contributed by atoms with E-state index in [1.165, 1.54) is 0 Å². The van der Waals surface area contributed by atoms with Crippen LogP contribution in [0, 0.1) is 0 Å². The maximum atomic E-state index is 12.4. The van der Waals surface area contributed by atoms with Crippen LogP contribution in [0.5, 0.6) is 5.75 Å². The van der Waals surface area contributed by atoms with Crippen LogP contribution in [0.3, 0.4) is 0 Å². The molecule has 1 aromatic rings. The Morgan fingerprint density at radius 1 is 1.15 bits per heavy atom. The van der Waals surface area contributed by atoms with Gasteiger partial charge in [0, 0.05) is 6.61 Å². The van der Waals surface area contributed by atoms with Crippen molar-refractivity contribution < 1.29 is 18.3 Å². The van der Waals surface area contributed by atoms with E-state index in [1.807, 2.05) is 30.3 Å². The first-order valence-electron chi connectivity index (χ1n) is 6.18. The molecule has 0 spiro atoms. The van der Waals surface area contributed by atoms with Crippen LogP contribution < -0.4 is 4.74 Å². The normalized spacial score (nSPS) is 12.5. The molecule has 112 valence electrons. The molecule has 1 rings (SSSR count). The molecule has 6 heteroatoms. The van der Waals surface area contributed by atoms with Gasteiger partial charge in [0.15, 0.2) is 0 Å². The second-order valence-electron chi connectivity index (χ2n) is 3.99. The van der Waals surface area contributed by atoms with Crippen molar-refractivity contribution in [1.82, 2.24) is 0 Å². The number of allylic oxidation sites excluding steroid dienone is 1. The molecule has 0 saturated heterocycles. The molecule has 0 aromatic heterocycles. The highest BCUT2D eigenvalue weighted by Crippen LogP contribution is 2.30. The van der Waals surface area contributed by atoms with Gasteiger partial charge in [-0.25, -0.2) is 0 Å². The number of rotatable bonds is 9. The fraction of sp³-hybridized carbons (Fsp3) is 0.429. The maximum Gasteiger partial charge on any atom is 0.358 e. The van der Waals surface area contributed by atoms with E-state index < -0.39 is 10.4 Å². The Labute approximate surface area is 127 Å². The summed E-state index contributed by atoms with van der Waals surface area (Å²) < 4.78 is 35.5. The van der Waals surface area contributed by atoms with Gasteiger partial charge in [-0.2, -0.15) is 8.78 Å². The largest absolute Gasteiger partial charge is 0.494 e. The maximum absolute atomic E-state index is 12.4. The Balaban J connectivity index is 2.00. The van der Waals surface area contributed by atoms with Crippen molar-refractivity contribution in [3.05, 3.63) is 41.4 Å². The minimum Gasteiger partial charge on any atom is -0.494 e. The summed E-state index contributed by atoms with van der Waals surface area (Å²) in [5.41, 5.74) is 0. The monoisotopic (exact) mass is 324 g/mol. The highest BCUT2D eigenvalue weighted by Gasteiger charge is 2.28. The predicted molar refractivity (Wildman–Crippen MR) is 76.7 cm³/mol. The number of hydrogen-bond donors (Lipinski definition) is 0. The molecule has 0 saturated carbocycles. The van der Waals surface area contributed by atoms with Crippen molar-refractivity contribution in [2.45, 2.75) is 18.2 Å². The SMILES string of the molecule is FC(F)(Cl)C(Cl)=CCOCCCCOc1ccccc1. The Bertz CT molecular complexity index is 405. The lowest BCUT2D eigenvalue weighted by atomic mass is 10.3. The van der Waals surface area contributed by atoms with E-state index in [2.05, 4.69) is 0 Å². The lowest BCUT2D eigenvalue weighted by Gasteiger charge is -2.07. The second kappa shape index (κ2) is 9.16. The lowest BCUT2D eigenvalue weighted by molar-refractivity contribution is 0.136. The molecule has 0 fully saturated rings. The van der Waals surface area contributed by atoms with Crippen molar-refractivity contribution in [2.75, 3.05) is 19.8 Å². The zero-order valence-corrected chi connectivity index (χ0v) is 12.3. The van der Waals surface area contributed by atoms with Crippen LogP contribution in [0.2, 0.25) is 0 Å². The fourth-order valence-electron chi connectivity index (χ4n) is 1.34. The third-order valence-electron chi connectivity index (χ3n) is 2.35. The Morgan fingerprint density at radius 2 is 1.80 bits per heavy atom. The van der Waals surface area contributed by atoms with Crippen molar-refractivity contribution >= 4 is 23.2 Å². The third kappa shape index (κ3) is 7.68. The topological polar surface area (TPSA) is 18.5 Å². The number of alkyl halides is 3. The van der Waals surface area contributed by atoms with E-state index in [1.54, 1.807) is 0 Å². The second-order valence-corrected chi connectivity index (χ2v) is 4.88. The molecule has 0 unspecified atom stereocenters. The standard InChI is InChI=1S/C14H16Cl2F2O2/c15-13(14(16,17)18)8-11-19-9-4-5-10-20-12-6-2-1-3-7-12/h1-3,6-8H,4-5,9-11H2. The minimum absolute atomic E-state index is 0.0146. The molecule has 20 heavy (non-hydrogen) atoms. The first-order valence-corrected chi connectivity index (χ1v) is 6.94. The Morgan fingerprint density at radius 3 is 2.45 bits per heavy atom. The van der Waals surface area contributed by atoms with Crippen LogP contribution in [-0.4, -0.2) is 25.2 Å². The van der Waals surface area contributed by atoms with E-state index in [0.29, 0.717) is 13.2 Å². The summed E-state index contributed by atoms with van der Waals surface area (Å²) >= 11 is 9.98. The summed E-state index contributed by atoms with van der Waals surface area (Å²) in [6.07, 6.45) is 2.66. The van der Waals surface area contributed by atoms with Crippen molar-refractivity contribution in [1.29, 1.82) is 0 Å². The zero-order valence-electron chi connectivity index (χ0n) is 10.8. The lowest BCUT2D eigenvalue weighted by Crippen LogP contribution is -2.07. The van der Waals surface area contributed by atoms with Gasteiger partial charge in [-0.1, -0.05) is 29.8 Å². The number of para-hydroxylation sites is 1. The molecular weight excluding hydrogens is 309 g/mol. The summed E-state index contributed by atoms with van der Waals surface area (Å²) in [4.78, 5) is 0. The van der Waals surface area contributed by atoms with Crippen LogP contribution in [-0.2, 0) is 4.74 Å². The highest BCUT2D eigenvalue weighted by atomic mass is 35.5. The summed E-state index contributed by atoms with van der Waals surface area (Å²) in [5.74, 6) is 0.826. The van der Waals surface area contributed by atoms with Gasteiger partial charge in [0.25, 0.3) is 0 Å². The van der Waals surface area contributed by atoms with Gasteiger partial charge in [0.05, 0.1) is 13.2 Å². The third-order valence-corrected chi connectivity index (χ3v) is 3.04. The molecule has 0 aliphatic rings. The van der Waals surface area contributed by atoms with Crippen molar-refractivity contribution in [3.8, 4) is 5.75 Å². The summed E-state index contributed by atoms with van der Waals surface area (Å²) in [5, 5.41) is -4.24. The zero-order chi connectivity index (χ0) is 14.8. The van der Waals surface area contributed by atoms with Gasteiger partial charge in [0.2, 0.25) is 0 Å². The fourth-order valence-corrected chi connectivity index (χ4v) is 1.48. The molecule has 0 atom stereocenters. The predicted octanol–water partition coefficient (Wildman–Crippen LogP) is 4.82. The van der Waals surface area contributed by atoms with E-state index in [-0.39, 0.29) is 6.61 Å². The average molecular weight is 325 g/mol.